The summed E-state index contributed by atoms with van der Waals surface area (Å²) in [6.07, 6.45) is 1.68. The average Bonchev–Trinajstić information content (AvgIpc) is 2.80. The summed E-state index contributed by atoms with van der Waals surface area (Å²) in [6, 6.07) is 9.66. The van der Waals surface area contributed by atoms with E-state index in [9.17, 15) is 23.6 Å². The van der Waals surface area contributed by atoms with Crippen molar-refractivity contribution in [3.05, 3.63) is 65.7 Å². The quantitative estimate of drug-likeness (QED) is 0.359. The van der Waals surface area contributed by atoms with E-state index in [2.05, 4.69) is 26.3 Å². The first-order valence-electron chi connectivity index (χ1n) is 11.4. The molecule has 0 aliphatic carbocycles. The van der Waals surface area contributed by atoms with Gasteiger partial charge in [-0.3, -0.25) is 24.2 Å². The highest BCUT2D eigenvalue weighted by atomic mass is 19.1. The Labute approximate surface area is 204 Å². The molecular formula is C25H32FN5O4. The zero-order valence-electron chi connectivity index (χ0n) is 20.2. The van der Waals surface area contributed by atoms with Crippen molar-refractivity contribution in [3.63, 3.8) is 0 Å². The summed E-state index contributed by atoms with van der Waals surface area (Å²) in [5, 5.41) is 10.7. The van der Waals surface area contributed by atoms with Crippen LogP contribution in [0.4, 0.5) is 4.39 Å². The van der Waals surface area contributed by atoms with Crippen molar-refractivity contribution in [2.24, 2.45) is 0 Å². The highest BCUT2D eigenvalue weighted by Gasteiger charge is 2.25. The van der Waals surface area contributed by atoms with Crippen LogP contribution < -0.4 is 21.3 Å². The zero-order valence-corrected chi connectivity index (χ0v) is 20.2. The van der Waals surface area contributed by atoms with Crippen molar-refractivity contribution in [1.82, 2.24) is 26.3 Å². The minimum Gasteiger partial charge on any atom is -0.353 e. The Kier molecular flexibility index (Phi) is 10.3. The van der Waals surface area contributed by atoms with Gasteiger partial charge in [-0.1, -0.05) is 18.2 Å². The van der Waals surface area contributed by atoms with E-state index in [1.54, 1.807) is 30.3 Å². The lowest BCUT2D eigenvalue weighted by molar-refractivity contribution is -0.132. The standard InChI is InChI=1S/C25H32FN5O4/c1-25(2,3)31-22(33)16-20(30-21(32)12-9-17-7-10-18(26)11-8-17)24(35)29-15-14-28-23(34)19-6-4-5-13-27-19/h4-8,10-11,13,20H,9,12,14-16H2,1-3H3,(H,28,34)(H,29,35)(H,30,32)(H,31,33). The number of aryl methyl sites for hydroxylation is 1. The number of benzene rings is 1. The van der Waals surface area contributed by atoms with Gasteiger partial charge in [0.25, 0.3) is 5.91 Å². The molecule has 188 valence electrons. The molecule has 0 saturated carbocycles. The molecule has 1 aromatic carbocycles. The molecule has 0 fully saturated rings. The number of rotatable bonds is 11. The van der Waals surface area contributed by atoms with E-state index in [4.69, 9.17) is 0 Å². The Balaban J connectivity index is 1.89. The van der Waals surface area contributed by atoms with Crippen molar-refractivity contribution >= 4 is 23.6 Å². The predicted octanol–water partition coefficient (Wildman–Crippen LogP) is 1.49. The average molecular weight is 486 g/mol. The van der Waals surface area contributed by atoms with E-state index in [1.165, 1.54) is 18.3 Å². The van der Waals surface area contributed by atoms with Crippen molar-refractivity contribution < 1.29 is 23.6 Å². The van der Waals surface area contributed by atoms with Crippen molar-refractivity contribution in [1.29, 1.82) is 0 Å². The van der Waals surface area contributed by atoms with Gasteiger partial charge in [-0.15, -0.1) is 0 Å². The second kappa shape index (κ2) is 13.2. The number of aromatic nitrogens is 1. The van der Waals surface area contributed by atoms with Gasteiger partial charge < -0.3 is 21.3 Å². The summed E-state index contributed by atoms with van der Waals surface area (Å²) < 4.78 is 13.1. The molecule has 1 unspecified atom stereocenters. The van der Waals surface area contributed by atoms with E-state index in [0.717, 1.165) is 5.56 Å². The Morgan fingerprint density at radius 1 is 0.943 bits per heavy atom. The second-order valence-corrected chi connectivity index (χ2v) is 9.01. The van der Waals surface area contributed by atoms with Gasteiger partial charge in [0.05, 0.1) is 6.42 Å². The molecule has 4 N–H and O–H groups in total. The predicted molar refractivity (Wildman–Crippen MR) is 129 cm³/mol. The maximum Gasteiger partial charge on any atom is 0.269 e. The number of nitrogens with zero attached hydrogens (tertiary/aromatic N) is 1. The molecule has 1 heterocycles. The molecule has 0 radical (unpaired) electrons. The molecule has 0 aliphatic heterocycles. The van der Waals surface area contributed by atoms with E-state index < -0.39 is 23.4 Å². The van der Waals surface area contributed by atoms with Gasteiger partial charge in [0.1, 0.15) is 17.6 Å². The fourth-order valence-corrected chi connectivity index (χ4v) is 3.11. The van der Waals surface area contributed by atoms with Gasteiger partial charge >= 0.3 is 0 Å². The molecule has 0 aliphatic rings. The molecule has 2 aromatic rings. The molecule has 1 atom stereocenters. The molecule has 35 heavy (non-hydrogen) atoms. The number of nitrogens with one attached hydrogen (secondary N) is 4. The van der Waals surface area contributed by atoms with Crippen LogP contribution in [0.5, 0.6) is 0 Å². The van der Waals surface area contributed by atoms with Gasteiger partial charge in [-0.05, 0) is 57.0 Å². The lowest BCUT2D eigenvalue weighted by Crippen LogP contribution is -2.51. The topological polar surface area (TPSA) is 129 Å². The maximum absolute atomic E-state index is 13.1. The first-order chi connectivity index (χ1) is 16.5. The SMILES string of the molecule is CC(C)(C)NC(=O)CC(NC(=O)CCc1ccc(F)cc1)C(=O)NCCNC(=O)c1ccccn1. The van der Waals surface area contributed by atoms with Crippen LogP contribution in [-0.2, 0) is 20.8 Å². The zero-order chi connectivity index (χ0) is 25.8. The molecule has 0 bridgehead atoms. The van der Waals surface area contributed by atoms with E-state index >= 15 is 0 Å². The maximum atomic E-state index is 13.1. The van der Waals surface area contributed by atoms with Crippen LogP contribution in [0.15, 0.2) is 48.7 Å². The summed E-state index contributed by atoms with van der Waals surface area (Å²) in [6.45, 7) is 5.67. The molecule has 1 aromatic heterocycles. The van der Waals surface area contributed by atoms with E-state index in [0.29, 0.717) is 6.42 Å². The third-order valence-corrected chi connectivity index (χ3v) is 4.72. The summed E-state index contributed by atoms with van der Waals surface area (Å²) in [5.74, 6) is -2.09. The van der Waals surface area contributed by atoms with Gasteiger partial charge in [0.2, 0.25) is 17.7 Å². The van der Waals surface area contributed by atoms with Crippen LogP contribution in [0.1, 0.15) is 49.7 Å². The van der Waals surface area contributed by atoms with Crippen molar-refractivity contribution in [3.8, 4) is 0 Å². The Hall–Kier alpha value is -3.82. The summed E-state index contributed by atoms with van der Waals surface area (Å²) in [7, 11) is 0. The second-order valence-electron chi connectivity index (χ2n) is 9.01. The Bertz CT molecular complexity index is 1010. The van der Waals surface area contributed by atoms with E-state index in [1.807, 2.05) is 20.8 Å². The number of amides is 4. The molecule has 9 nitrogen and oxygen atoms in total. The highest BCUT2D eigenvalue weighted by Crippen LogP contribution is 2.06. The first kappa shape index (κ1) is 27.4. The summed E-state index contributed by atoms with van der Waals surface area (Å²) in [4.78, 5) is 53.6. The van der Waals surface area contributed by atoms with Gasteiger partial charge in [-0.2, -0.15) is 0 Å². The third-order valence-electron chi connectivity index (χ3n) is 4.72. The number of hydrogen-bond donors (Lipinski definition) is 4. The minimum absolute atomic E-state index is 0.0659. The molecular weight excluding hydrogens is 453 g/mol. The fraction of sp³-hybridized carbons (Fsp3) is 0.400. The van der Waals surface area contributed by atoms with E-state index in [-0.39, 0.29) is 49.3 Å². The van der Waals surface area contributed by atoms with Crippen LogP contribution in [-0.4, -0.2) is 53.3 Å². The Morgan fingerprint density at radius 2 is 1.63 bits per heavy atom. The number of hydrogen-bond acceptors (Lipinski definition) is 5. The lowest BCUT2D eigenvalue weighted by Gasteiger charge is -2.23. The number of carbonyl (C=O) groups is 4. The molecule has 0 spiro atoms. The van der Waals surface area contributed by atoms with Gasteiger partial charge in [0, 0.05) is 31.2 Å². The van der Waals surface area contributed by atoms with Crippen LogP contribution in [0.2, 0.25) is 0 Å². The molecule has 0 saturated heterocycles. The highest BCUT2D eigenvalue weighted by molar-refractivity contribution is 5.93. The lowest BCUT2D eigenvalue weighted by atomic mass is 10.1. The van der Waals surface area contributed by atoms with Crippen molar-refractivity contribution in [2.75, 3.05) is 13.1 Å². The van der Waals surface area contributed by atoms with Crippen LogP contribution in [0.25, 0.3) is 0 Å². The van der Waals surface area contributed by atoms with Gasteiger partial charge in [-0.25, -0.2) is 4.39 Å². The minimum atomic E-state index is -1.09. The monoisotopic (exact) mass is 485 g/mol. The molecule has 2 rings (SSSR count). The first-order valence-corrected chi connectivity index (χ1v) is 11.4. The Morgan fingerprint density at radius 3 is 2.26 bits per heavy atom. The molecule has 10 heteroatoms. The number of halogens is 1. The smallest absolute Gasteiger partial charge is 0.269 e. The number of pyridine rings is 1. The summed E-state index contributed by atoms with van der Waals surface area (Å²) >= 11 is 0. The van der Waals surface area contributed by atoms with Crippen LogP contribution >= 0.6 is 0 Å². The summed E-state index contributed by atoms with van der Waals surface area (Å²) in [5.41, 5.74) is 0.529. The van der Waals surface area contributed by atoms with Crippen molar-refractivity contribution in [2.45, 2.75) is 51.6 Å². The van der Waals surface area contributed by atoms with Crippen LogP contribution in [0, 0.1) is 5.82 Å². The largest absolute Gasteiger partial charge is 0.353 e. The number of carbonyl (C=O) groups excluding carboxylic acids is 4. The fourth-order valence-electron chi connectivity index (χ4n) is 3.11. The van der Waals surface area contributed by atoms with Gasteiger partial charge in [0.15, 0.2) is 0 Å². The third kappa shape index (κ3) is 10.8. The molecule has 4 amide bonds. The van der Waals surface area contributed by atoms with Crippen LogP contribution in [0.3, 0.4) is 0 Å². The normalized spacial score (nSPS) is 11.8.